The maximum atomic E-state index is 11.8. The molecule has 0 saturated heterocycles. The third-order valence-electron chi connectivity index (χ3n) is 3.54. The molecule has 1 saturated carbocycles. The van der Waals surface area contributed by atoms with E-state index in [0.717, 1.165) is 18.5 Å². The molecule has 1 fully saturated rings. The van der Waals surface area contributed by atoms with Crippen molar-refractivity contribution in [1.82, 2.24) is 19.9 Å². The van der Waals surface area contributed by atoms with Crippen molar-refractivity contribution in [1.29, 1.82) is 0 Å². The summed E-state index contributed by atoms with van der Waals surface area (Å²) in [5, 5.41) is 0. The van der Waals surface area contributed by atoms with Gasteiger partial charge in [-0.2, -0.15) is 0 Å². The van der Waals surface area contributed by atoms with Crippen molar-refractivity contribution in [3.05, 3.63) is 23.8 Å². The zero-order valence-corrected chi connectivity index (χ0v) is 12.9. The minimum absolute atomic E-state index is 0.0566. The lowest BCUT2D eigenvalue weighted by Crippen LogP contribution is -2.11. The molecular weight excluding hydrogens is 298 g/mol. The highest BCUT2D eigenvalue weighted by Crippen LogP contribution is 2.44. The van der Waals surface area contributed by atoms with Crippen LogP contribution in [0.25, 0.3) is 11.4 Å². The van der Waals surface area contributed by atoms with Crippen molar-refractivity contribution >= 4 is 11.8 Å². The van der Waals surface area contributed by atoms with Gasteiger partial charge in [0.15, 0.2) is 5.82 Å². The highest BCUT2D eigenvalue weighted by Gasteiger charge is 2.31. The van der Waals surface area contributed by atoms with Crippen LogP contribution >= 0.6 is 0 Å². The number of nitrogens with two attached hydrogens (primary N) is 1. The molecule has 1 aliphatic carbocycles. The van der Waals surface area contributed by atoms with Crippen LogP contribution in [0.5, 0.6) is 5.88 Å². The van der Waals surface area contributed by atoms with E-state index in [9.17, 15) is 4.79 Å². The average molecular weight is 315 g/mol. The quantitative estimate of drug-likeness (QED) is 0.827. The molecule has 0 aromatic carbocycles. The second-order valence-corrected chi connectivity index (χ2v) is 5.13. The molecule has 2 heterocycles. The standard InChI is InChI=1S/C15H17N5O3/c1-3-23-15(21)9-6-17-13(20-12(9)16)10-11(8-4-5-8)18-7-19-14(10)22-2/h6-8H,3-5H2,1-2H3,(H2,16,17,20). The Bertz CT molecular complexity index is 746. The van der Waals surface area contributed by atoms with E-state index in [0.29, 0.717) is 23.2 Å². The van der Waals surface area contributed by atoms with Crippen molar-refractivity contribution in [3.8, 4) is 17.3 Å². The van der Waals surface area contributed by atoms with Crippen LogP contribution in [-0.2, 0) is 4.74 Å². The second-order valence-electron chi connectivity index (χ2n) is 5.13. The van der Waals surface area contributed by atoms with E-state index in [-0.39, 0.29) is 18.0 Å². The molecule has 0 atom stereocenters. The van der Waals surface area contributed by atoms with Crippen LogP contribution in [0.4, 0.5) is 5.82 Å². The first-order chi connectivity index (χ1) is 11.2. The Morgan fingerprint density at radius 1 is 1.35 bits per heavy atom. The average Bonchev–Trinajstić information content (AvgIpc) is 3.39. The maximum absolute atomic E-state index is 11.8. The van der Waals surface area contributed by atoms with Crippen LogP contribution in [-0.4, -0.2) is 39.6 Å². The number of esters is 1. The lowest BCUT2D eigenvalue weighted by molar-refractivity contribution is 0.0527. The molecule has 2 aromatic heterocycles. The van der Waals surface area contributed by atoms with Gasteiger partial charge in [-0.3, -0.25) is 0 Å². The van der Waals surface area contributed by atoms with Crippen molar-refractivity contribution in [2.45, 2.75) is 25.7 Å². The van der Waals surface area contributed by atoms with Gasteiger partial charge in [0.2, 0.25) is 5.88 Å². The molecule has 120 valence electrons. The number of nitrogen functional groups attached to an aromatic ring is 1. The largest absolute Gasteiger partial charge is 0.480 e. The minimum atomic E-state index is -0.546. The molecule has 8 nitrogen and oxygen atoms in total. The van der Waals surface area contributed by atoms with E-state index >= 15 is 0 Å². The monoisotopic (exact) mass is 315 g/mol. The van der Waals surface area contributed by atoms with E-state index in [4.69, 9.17) is 15.2 Å². The number of carbonyl (C=O) groups excluding carboxylic acids is 1. The molecule has 0 unspecified atom stereocenters. The third kappa shape index (κ3) is 2.92. The Hall–Kier alpha value is -2.77. The molecule has 1 aliphatic rings. The molecule has 2 N–H and O–H groups in total. The van der Waals surface area contributed by atoms with Crippen LogP contribution < -0.4 is 10.5 Å². The molecule has 0 radical (unpaired) electrons. The number of hydrogen-bond acceptors (Lipinski definition) is 8. The Balaban J connectivity index is 2.06. The fourth-order valence-corrected chi connectivity index (χ4v) is 2.30. The molecule has 8 heteroatoms. The van der Waals surface area contributed by atoms with Gasteiger partial charge in [-0.05, 0) is 19.8 Å². The molecule has 3 rings (SSSR count). The van der Waals surface area contributed by atoms with Gasteiger partial charge in [0, 0.05) is 12.1 Å². The van der Waals surface area contributed by atoms with E-state index in [1.807, 2.05) is 0 Å². The molecule has 0 bridgehead atoms. The van der Waals surface area contributed by atoms with E-state index in [1.54, 1.807) is 6.92 Å². The van der Waals surface area contributed by atoms with Crippen molar-refractivity contribution in [3.63, 3.8) is 0 Å². The van der Waals surface area contributed by atoms with Gasteiger partial charge in [0.05, 0.1) is 19.4 Å². The number of ether oxygens (including phenoxy) is 2. The fourth-order valence-electron chi connectivity index (χ4n) is 2.30. The van der Waals surface area contributed by atoms with Gasteiger partial charge in [-0.1, -0.05) is 0 Å². The van der Waals surface area contributed by atoms with Crippen molar-refractivity contribution < 1.29 is 14.3 Å². The molecule has 0 spiro atoms. The highest BCUT2D eigenvalue weighted by atomic mass is 16.5. The fraction of sp³-hybridized carbons (Fsp3) is 0.400. The molecule has 2 aromatic rings. The molecule has 0 amide bonds. The van der Waals surface area contributed by atoms with Crippen LogP contribution in [0, 0.1) is 0 Å². The van der Waals surface area contributed by atoms with Crippen LogP contribution in [0.1, 0.15) is 41.7 Å². The van der Waals surface area contributed by atoms with Gasteiger partial charge in [0.25, 0.3) is 0 Å². The highest BCUT2D eigenvalue weighted by molar-refractivity contribution is 5.94. The summed E-state index contributed by atoms with van der Waals surface area (Å²) in [5.41, 5.74) is 7.50. The Morgan fingerprint density at radius 2 is 2.13 bits per heavy atom. The number of aromatic nitrogens is 4. The van der Waals surface area contributed by atoms with Crippen LogP contribution in [0.15, 0.2) is 12.5 Å². The predicted octanol–water partition coefficient (Wildman–Crippen LogP) is 1.58. The SMILES string of the molecule is CCOC(=O)c1cnc(-c2c(OC)ncnc2C2CC2)nc1N. The first kappa shape index (κ1) is 15.1. The normalized spacial score (nSPS) is 13.7. The van der Waals surface area contributed by atoms with Crippen molar-refractivity contribution in [2.24, 2.45) is 0 Å². The van der Waals surface area contributed by atoms with Gasteiger partial charge in [-0.15, -0.1) is 0 Å². The van der Waals surface area contributed by atoms with E-state index in [1.165, 1.54) is 19.6 Å². The zero-order valence-electron chi connectivity index (χ0n) is 12.9. The number of hydrogen-bond donors (Lipinski definition) is 1. The smallest absolute Gasteiger partial charge is 0.343 e. The number of anilines is 1. The molecule has 23 heavy (non-hydrogen) atoms. The Kier molecular flexibility index (Phi) is 4.05. The van der Waals surface area contributed by atoms with E-state index in [2.05, 4.69) is 19.9 Å². The third-order valence-corrected chi connectivity index (χ3v) is 3.54. The number of rotatable bonds is 5. The summed E-state index contributed by atoms with van der Waals surface area (Å²) in [6.07, 6.45) is 4.94. The summed E-state index contributed by atoms with van der Waals surface area (Å²) >= 11 is 0. The first-order valence-corrected chi connectivity index (χ1v) is 7.34. The minimum Gasteiger partial charge on any atom is -0.480 e. The summed E-state index contributed by atoms with van der Waals surface area (Å²) in [6, 6.07) is 0. The summed E-state index contributed by atoms with van der Waals surface area (Å²) < 4.78 is 10.2. The number of carbonyl (C=O) groups is 1. The lowest BCUT2D eigenvalue weighted by Gasteiger charge is -2.11. The summed E-state index contributed by atoms with van der Waals surface area (Å²) in [5.74, 6) is 0.605. The Labute approximate surface area is 133 Å². The van der Waals surface area contributed by atoms with Crippen LogP contribution in [0.2, 0.25) is 0 Å². The zero-order chi connectivity index (χ0) is 16.4. The number of methoxy groups -OCH3 is 1. The molecular formula is C15H17N5O3. The lowest BCUT2D eigenvalue weighted by atomic mass is 10.1. The van der Waals surface area contributed by atoms with Gasteiger partial charge in [0.1, 0.15) is 23.3 Å². The van der Waals surface area contributed by atoms with Crippen molar-refractivity contribution in [2.75, 3.05) is 19.5 Å². The van der Waals surface area contributed by atoms with Crippen LogP contribution in [0.3, 0.4) is 0 Å². The first-order valence-electron chi connectivity index (χ1n) is 7.34. The predicted molar refractivity (Wildman–Crippen MR) is 82.0 cm³/mol. The number of nitrogens with zero attached hydrogens (tertiary/aromatic N) is 4. The van der Waals surface area contributed by atoms with E-state index < -0.39 is 5.97 Å². The summed E-state index contributed by atoms with van der Waals surface area (Å²) in [6.45, 7) is 1.98. The summed E-state index contributed by atoms with van der Waals surface area (Å²) in [7, 11) is 1.53. The van der Waals surface area contributed by atoms with Gasteiger partial charge >= 0.3 is 5.97 Å². The summed E-state index contributed by atoms with van der Waals surface area (Å²) in [4.78, 5) is 28.7. The second kappa shape index (κ2) is 6.15. The Morgan fingerprint density at radius 3 is 2.74 bits per heavy atom. The topological polar surface area (TPSA) is 113 Å². The van der Waals surface area contributed by atoms with Gasteiger partial charge < -0.3 is 15.2 Å². The van der Waals surface area contributed by atoms with Gasteiger partial charge in [-0.25, -0.2) is 24.7 Å². The maximum Gasteiger partial charge on any atom is 0.343 e. The molecule has 0 aliphatic heterocycles.